The van der Waals surface area contributed by atoms with Crippen molar-refractivity contribution < 1.29 is 9.59 Å². The van der Waals surface area contributed by atoms with E-state index in [1.807, 2.05) is 18.2 Å². The van der Waals surface area contributed by atoms with E-state index in [2.05, 4.69) is 4.98 Å². The molecule has 3 aromatic rings. The van der Waals surface area contributed by atoms with Crippen molar-refractivity contribution >= 4 is 34.3 Å². The van der Waals surface area contributed by atoms with Crippen molar-refractivity contribution in [3.8, 4) is 0 Å². The number of benzene rings is 2. The minimum Gasteiger partial charge on any atom is -0.350 e. The third-order valence-corrected chi connectivity index (χ3v) is 3.73. The molecule has 3 N–H and O–H groups in total. The summed E-state index contributed by atoms with van der Waals surface area (Å²) in [6.07, 6.45) is 0.0646. The van der Waals surface area contributed by atoms with E-state index in [-0.39, 0.29) is 12.1 Å². The first-order chi connectivity index (χ1) is 11.0. The highest BCUT2D eigenvalue weighted by molar-refractivity contribution is 6.31. The second kappa shape index (κ2) is 6.24. The maximum atomic E-state index is 12.3. The van der Waals surface area contributed by atoms with E-state index in [1.165, 1.54) is 0 Å². The third kappa shape index (κ3) is 3.26. The zero-order valence-corrected chi connectivity index (χ0v) is 12.9. The number of carbonyl (C=O) groups is 2. The Labute approximate surface area is 137 Å². The van der Waals surface area contributed by atoms with E-state index in [0.29, 0.717) is 10.0 Å². The van der Waals surface area contributed by atoms with E-state index in [4.69, 9.17) is 17.4 Å². The smallest absolute Gasteiger partial charge is 0.291 e. The number of aromatic nitrogens is 1. The van der Waals surface area contributed by atoms with E-state index in [1.54, 1.807) is 36.4 Å². The number of fused-ring (bicyclic) bond motifs is 1. The van der Waals surface area contributed by atoms with Crippen molar-refractivity contribution in [3.63, 3.8) is 0 Å². The Bertz CT molecular complexity index is 874. The molecule has 1 aromatic heterocycles. The molecule has 0 unspecified atom stereocenters. The number of carbonyl (C=O) groups excluding carboxylic acids is 2. The number of nitrogens with zero attached hydrogens (tertiary/aromatic N) is 1. The molecule has 0 aliphatic rings. The standard InChI is InChI=1S/C17H14ClN3O2/c18-13-6-7-14-12(9-13)10-15(20-14)17(23)21(19)16(22)8-11-4-2-1-3-5-11/h1-7,9-10,20H,8,19H2. The molecule has 0 aliphatic carbocycles. The van der Waals surface area contributed by atoms with Gasteiger partial charge in [-0.1, -0.05) is 41.9 Å². The summed E-state index contributed by atoms with van der Waals surface area (Å²) in [6.45, 7) is 0. The average Bonchev–Trinajstić information content (AvgIpc) is 2.97. The molecule has 0 saturated carbocycles. The van der Waals surface area contributed by atoms with Crippen LogP contribution in [0.2, 0.25) is 5.02 Å². The summed E-state index contributed by atoms with van der Waals surface area (Å²) in [4.78, 5) is 27.4. The maximum Gasteiger partial charge on any atom is 0.291 e. The molecule has 116 valence electrons. The lowest BCUT2D eigenvalue weighted by atomic mass is 10.1. The van der Waals surface area contributed by atoms with Gasteiger partial charge in [0.1, 0.15) is 5.69 Å². The van der Waals surface area contributed by atoms with Gasteiger partial charge in [0, 0.05) is 15.9 Å². The molecular weight excluding hydrogens is 314 g/mol. The summed E-state index contributed by atoms with van der Waals surface area (Å²) in [5, 5.41) is 1.99. The monoisotopic (exact) mass is 327 g/mol. The van der Waals surface area contributed by atoms with E-state index < -0.39 is 11.8 Å². The number of nitrogens with two attached hydrogens (primary N) is 1. The van der Waals surface area contributed by atoms with E-state index >= 15 is 0 Å². The number of aromatic amines is 1. The lowest BCUT2D eigenvalue weighted by Crippen LogP contribution is -2.43. The van der Waals surface area contributed by atoms with Crippen LogP contribution in [0.3, 0.4) is 0 Å². The number of rotatable bonds is 3. The Hall–Kier alpha value is -2.63. The first kappa shape index (κ1) is 15.3. The SMILES string of the molecule is NN(C(=O)Cc1ccccc1)C(=O)c1cc2cc(Cl)ccc2[nH]1. The topological polar surface area (TPSA) is 79.2 Å². The number of hydrazine groups is 1. The molecular formula is C17H14ClN3O2. The third-order valence-electron chi connectivity index (χ3n) is 3.50. The Morgan fingerprint density at radius 1 is 1.09 bits per heavy atom. The molecule has 0 spiro atoms. The van der Waals surface area contributed by atoms with Crippen LogP contribution in [0.1, 0.15) is 16.1 Å². The first-order valence-electron chi connectivity index (χ1n) is 6.99. The second-order valence-electron chi connectivity index (χ2n) is 5.15. The summed E-state index contributed by atoms with van der Waals surface area (Å²) in [5.41, 5.74) is 1.79. The van der Waals surface area contributed by atoms with Gasteiger partial charge in [0.15, 0.2) is 0 Å². The molecule has 2 amide bonds. The highest BCUT2D eigenvalue weighted by atomic mass is 35.5. The largest absolute Gasteiger partial charge is 0.350 e. The van der Waals surface area contributed by atoms with Crippen LogP contribution in [0.15, 0.2) is 54.6 Å². The zero-order chi connectivity index (χ0) is 16.4. The molecule has 6 heteroatoms. The quantitative estimate of drug-likeness (QED) is 0.441. The Balaban J connectivity index is 1.79. The fourth-order valence-electron chi connectivity index (χ4n) is 2.32. The van der Waals surface area contributed by atoms with Gasteiger partial charge in [-0.3, -0.25) is 9.59 Å². The van der Waals surface area contributed by atoms with E-state index in [0.717, 1.165) is 16.5 Å². The molecule has 5 nitrogen and oxygen atoms in total. The van der Waals surface area contributed by atoms with Crippen molar-refractivity contribution in [2.24, 2.45) is 5.84 Å². The van der Waals surface area contributed by atoms with Gasteiger partial charge >= 0.3 is 0 Å². The highest BCUT2D eigenvalue weighted by Gasteiger charge is 2.21. The van der Waals surface area contributed by atoms with Crippen LogP contribution >= 0.6 is 11.6 Å². The first-order valence-corrected chi connectivity index (χ1v) is 7.36. The predicted octanol–water partition coefficient (Wildman–Crippen LogP) is 2.91. The molecule has 3 rings (SSSR count). The number of imide groups is 1. The van der Waals surface area contributed by atoms with Crippen LogP contribution in [0.5, 0.6) is 0 Å². The summed E-state index contributed by atoms with van der Waals surface area (Å²) in [7, 11) is 0. The minimum atomic E-state index is -0.585. The Morgan fingerprint density at radius 2 is 1.83 bits per heavy atom. The minimum absolute atomic E-state index is 0.0646. The van der Waals surface area contributed by atoms with Crippen molar-refractivity contribution in [3.05, 3.63) is 70.9 Å². The lowest BCUT2D eigenvalue weighted by Gasteiger charge is -2.13. The average molecular weight is 328 g/mol. The van der Waals surface area contributed by atoms with Gasteiger partial charge < -0.3 is 4.98 Å². The molecule has 0 atom stereocenters. The van der Waals surface area contributed by atoms with Gasteiger partial charge in [0.25, 0.3) is 5.91 Å². The zero-order valence-electron chi connectivity index (χ0n) is 12.1. The van der Waals surface area contributed by atoms with Gasteiger partial charge in [0.05, 0.1) is 6.42 Å². The second-order valence-corrected chi connectivity index (χ2v) is 5.58. The van der Waals surface area contributed by atoms with Gasteiger partial charge in [-0.25, -0.2) is 10.9 Å². The highest BCUT2D eigenvalue weighted by Crippen LogP contribution is 2.20. The summed E-state index contributed by atoms with van der Waals surface area (Å²) in [6, 6.07) is 16.0. The van der Waals surface area contributed by atoms with Crippen molar-refractivity contribution in [2.45, 2.75) is 6.42 Å². The van der Waals surface area contributed by atoms with Crippen LogP contribution in [0.4, 0.5) is 0 Å². The van der Waals surface area contributed by atoms with Gasteiger partial charge in [-0.05, 0) is 29.8 Å². The molecule has 0 radical (unpaired) electrons. The number of halogens is 1. The number of hydrogen-bond donors (Lipinski definition) is 2. The van der Waals surface area contributed by atoms with Crippen LogP contribution in [0.25, 0.3) is 10.9 Å². The van der Waals surface area contributed by atoms with Crippen molar-refractivity contribution in [2.75, 3.05) is 0 Å². The summed E-state index contributed by atoms with van der Waals surface area (Å²) < 4.78 is 0. The fourth-order valence-corrected chi connectivity index (χ4v) is 2.50. The molecule has 23 heavy (non-hydrogen) atoms. The molecule has 0 saturated heterocycles. The van der Waals surface area contributed by atoms with Crippen LogP contribution in [-0.4, -0.2) is 21.8 Å². The van der Waals surface area contributed by atoms with Crippen molar-refractivity contribution in [1.29, 1.82) is 0 Å². The van der Waals surface area contributed by atoms with Crippen LogP contribution < -0.4 is 5.84 Å². The predicted molar refractivity (Wildman–Crippen MR) is 88.8 cm³/mol. The maximum absolute atomic E-state index is 12.3. The van der Waals surface area contributed by atoms with Crippen LogP contribution in [0, 0.1) is 0 Å². The molecule has 0 fully saturated rings. The Morgan fingerprint density at radius 3 is 2.57 bits per heavy atom. The molecule has 0 aliphatic heterocycles. The van der Waals surface area contributed by atoms with Gasteiger partial charge in [-0.15, -0.1) is 0 Å². The number of H-pyrrole nitrogens is 1. The molecule has 2 aromatic carbocycles. The fraction of sp³-hybridized carbons (Fsp3) is 0.0588. The van der Waals surface area contributed by atoms with Crippen LogP contribution in [-0.2, 0) is 11.2 Å². The normalized spacial score (nSPS) is 10.7. The van der Waals surface area contributed by atoms with Gasteiger partial charge in [0.2, 0.25) is 5.91 Å². The summed E-state index contributed by atoms with van der Waals surface area (Å²) >= 11 is 5.92. The van der Waals surface area contributed by atoms with Crippen molar-refractivity contribution in [1.82, 2.24) is 9.99 Å². The molecule has 1 heterocycles. The number of hydrogen-bond acceptors (Lipinski definition) is 3. The van der Waals surface area contributed by atoms with E-state index in [9.17, 15) is 9.59 Å². The number of amides is 2. The Kier molecular flexibility index (Phi) is 4.14. The molecule has 0 bridgehead atoms. The summed E-state index contributed by atoms with van der Waals surface area (Å²) in [5.74, 6) is 4.62. The lowest BCUT2D eigenvalue weighted by molar-refractivity contribution is -0.128. The number of nitrogens with one attached hydrogen (secondary N) is 1. The van der Waals surface area contributed by atoms with Gasteiger partial charge in [-0.2, -0.15) is 0 Å².